The number of rotatable bonds is 4. The molecule has 4 rings (SSSR count). The monoisotopic (exact) mass is 419 g/mol. The van der Waals surface area contributed by atoms with E-state index in [-0.39, 0.29) is 27.3 Å². The van der Waals surface area contributed by atoms with Gasteiger partial charge in [0, 0.05) is 13.1 Å². The van der Waals surface area contributed by atoms with Crippen molar-refractivity contribution < 1.29 is 14.1 Å². The van der Waals surface area contributed by atoms with Crippen molar-refractivity contribution in [2.24, 2.45) is 12.8 Å². The zero-order valence-electron chi connectivity index (χ0n) is 14.2. The summed E-state index contributed by atoms with van der Waals surface area (Å²) in [5.41, 5.74) is 7.04. The van der Waals surface area contributed by atoms with Gasteiger partial charge in [0.2, 0.25) is 5.82 Å². The molecule has 11 heteroatoms. The van der Waals surface area contributed by atoms with E-state index in [0.717, 1.165) is 15.6 Å². The number of nitrogens with two attached hydrogens (primary N) is 1. The number of halogens is 2. The molecule has 0 aliphatic heterocycles. The van der Waals surface area contributed by atoms with Crippen LogP contribution in [-0.4, -0.2) is 25.2 Å². The number of aryl methyl sites for hydroxylation is 1. The van der Waals surface area contributed by atoms with E-state index in [0.29, 0.717) is 5.75 Å². The molecule has 0 spiro atoms. The molecule has 2 N–H and O–H groups in total. The molecule has 0 bridgehead atoms. The van der Waals surface area contributed by atoms with Crippen LogP contribution in [0.1, 0.15) is 10.6 Å². The Kier molecular flexibility index (Phi) is 4.33. The van der Waals surface area contributed by atoms with E-state index in [2.05, 4.69) is 14.7 Å². The number of hydrogen-bond acceptors (Lipinski definition) is 6. The second-order valence-corrected chi connectivity index (χ2v) is 6.63. The molecule has 0 unspecified atom stereocenters. The molecule has 9 nitrogen and oxygen atoms in total. The number of fused-ring (bicyclic) bond motifs is 1. The second-order valence-electron chi connectivity index (χ2n) is 5.82. The fourth-order valence-electron chi connectivity index (χ4n) is 2.69. The lowest BCUT2D eigenvalue weighted by molar-refractivity contribution is 0.0985. The van der Waals surface area contributed by atoms with Crippen LogP contribution in [0, 0.1) is 0 Å². The lowest BCUT2D eigenvalue weighted by atomic mass is 10.2. The van der Waals surface area contributed by atoms with Crippen molar-refractivity contribution in [1.29, 1.82) is 0 Å². The highest BCUT2D eigenvalue weighted by molar-refractivity contribution is 6.37. The molecule has 28 heavy (non-hydrogen) atoms. The molecular weight excluding hydrogens is 409 g/mol. The summed E-state index contributed by atoms with van der Waals surface area (Å²) in [6.07, 6.45) is 1.69. The van der Waals surface area contributed by atoms with Crippen LogP contribution in [0.5, 0.6) is 11.5 Å². The maximum Gasteiger partial charge on any atom is 0.446 e. The lowest BCUT2D eigenvalue weighted by Crippen LogP contribution is -2.22. The van der Waals surface area contributed by atoms with Crippen LogP contribution in [0.3, 0.4) is 0 Å². The Morgan fingerprint density at radius 3 is 2.61 bits per heavy atom. The Hall–Kier alpha value is -3.30. The summed E-state index contributed by atoms with van der Waals surface area (Å²) in [6, 6.07) is 8.09. The number of carbonyl (C=O) groups excluding carboxylic acids is 1. The third kappa shape index (κ3) is 3.00. The molecule has 0 saturated carbocycles. The third-order valence-corrected chi connectivity index (χ3v) is 4.54. The summed E-state index contributed by atoms with van der Waals surface area (Å²) >= 11 is 12.6. The Labute approximate surface area is 166 Å². The first-order chi connectivity index (χ1) is 13.3. The number of ether oxygens (including phenoxy) is 1. The number of benzene rings is 2. The van der Waals surface area contributed by atoms with E-state index in [1.54, 1.807) is 24.5 Å². The van der Waals surface area contributed by atoms with Crippen molar-refractivity contribution in [3.05, 3.63) is 63.1 Å². The summed E-state index contributed by atoms with van der Waals surface area (Å²) < 4.78 is 13.0. The first kappa shape index (κ1) is 18.1. The zero-order chi connectivity index (χ0) is 20.0. The summed E-state index contributed by atoms with van der Waals surface area (Å²) in [7, 11) is 1.86. The van der Waals surface area contributed by atoms with E-state index in [4.69, 9.17) is 33.7 Å². The van der Waals surface area contributed by atoms with Gasteiger partial charge >= 0.3 is 5.76 Å². The topological polar surface area (TPSA) is 118 Å². The van der Waals surface area contributed by atoms with Crippen LogP contribution < -0.4 is 16.2 Å². The maximum absolute atomic E-state index is 11.9. The first-order valence-corrected chi connectivity index (χ1v) is 8.57. The summed E-state index contributed by atoms with van der Waals surface area (Å²) in [6.45, 7) is 0. The van der Waals surface area contributed by atoms with Crippen LogP contribution in [0.15, 0.2) is 46.0 Å². The molecule has 0 radical (unpaired) electrons. The molecule has 4 aromatic rings. The molecule has 0 saturated heterocycles. The molecule has 2 aromatic heterocycles. The van der Waals surface area contributed by atoms with Crippen molar-refractivity contribution in [3.63, 3.8) is 0 Å². The van der Waals surface area contributed by atoms with Gasteiger partial charge < -0.3 is 15.0 Å². The van der Waals surface area contributed by atoms with Gasteiger partial charge in [-0.15, -0.1) is 0 Å². The van der Waals surface area contributed by atoms with E-state index >= 15 is 0 Å². The fourth-order valence-corrected chi connectivity index (χ4v) is 3.25. The van der Waals surface area contributed by atoms with Gasteiger partial charge in [0.25, 0.3) is 5.91 Å². The highest BCUT2D eigenvalue weighted by Crippen LogP contribution is 2.38. The Morgan fingerprint density at radius 1 is 1.21 bits per heavy atom. The fraction of sp³-hybridized carbons (Fsp3) is 0.0588. The standard InChI is InChI=1S/C17H11Cl2N5O4/c1-23-7-21-12-3-2-9(6-13(12)23)27-14-10(18)4-8(5-11(14)19)24-16(15(20)25)22-28-17(24)26/h2-7H,1H3,(H2,20,25). The molecule has 1 amide bonds. The van der Waals surface area contributed by atoms with Crippen LogP contribution in [0.25, 0.3) is 16.7 Å². The highest BCUT2D eigenvalue weighted by atomic mass is 35.5. The van der Waals surface area contributed by atoms with Crippen molar-refractivity contribution in [2.45, 2.75) is 0 Å². The van der Waals surface area contributed by atoms with Crippen LogP contribution >= 0.6 is 23.2 Å². The molecule has 0 fully saturated rings. The van der Waals surface area contributed by atoms with E-state index < -0.39 is 11.7 Å². The first-order valence-electron chi connectivity index (χ1n) is 7.82. The SMILES string of the molecule is Cn1cnc2ccc(Oc3c(Cl)cc(-n4c(C(N)=O)noc4=O)cc3Cl)cc21. The van der Waals surface area contributed by atoms with Gasteiger partial charge in [-0.25, -0.2) is 14.3 Å². The van der Waals surface area contributed by atoms with E-state index in [1.807, 2.05) is 11.6 Å². The lowest BCUT2D eigenvalue weighted by Gasteiger charge is -2.12. The minimum Gasteiger partial charge on any atom is -0.454 e. The smallest absolute Gasteiger partial charge is 0.446 e. The number of hydrogen-bond donors (Lipinski definition) is 1. The number of primary amides is 1. The highest BCUT2D eigenvalue weighted by Gasteiger charge is 2.20. The van der Waals surface area contributed by atoms with Gasteiger partial charge in [-0.3, -0.25) is 9.32 Å². The molecule has 0 aliphatic rings. The van der Waals surface area contributed by atoms with Crippen molar-refractivity contribution >= 4 is 40.1 Å². The quantitative estimate of drug-likeness (QED) is 0.543. The van der Waals surface area contributed by atoms with Crippen LogP contribution in [0.2, 0.25) is 10.0 Å². The van der Waals surface area contributed by atoms with Crippen LogP contribution in [0.4, 0.5) is 0 Å². The predicted octanol–water partition coefficient (Wildman–Crippen LogP) is 2.91. The molecular formula is C17H11Cl2N5O4. The second kappa shape index (κ2) is 6.70. The minimum absolute atomic E-state index is 0.108. The Morgan fingerprint density at radius 2 is 1.93 bits per heavy atom. The molecule has 0 aliphatic carbocycles. The van der Waals surface area contributed by atoms with Gasteiger partial charge in [0.05, 0.1) is 33.1 Å². The van der Waals surface area contributed by atoms with E-state index in [1.165, 1.54) is 12.1 Å². The van der Waals surface area contributed by atoms with E-state index in [9.17, 15) is 9.59 Å². The van der Waals surface area contributed by atoms with Gasteiger partial charge in [0.1, 0.15) is 5.75 Å². The Balaban J connectivity index is 1.76. The largest absolute Gasteiger partial charge is 0.454 e. The van der Waals surface area contributed by atoms with Gasteiger partial charge in [-0.2, -0.15) is 0 Å². The third-order valence-electron chi connectivity index (χ3n) is 3.98. The van der Waals surface area contributed by atoms with Crippen molar-refractivity contribution in [2.75, 3.05) is 0 Å². The number of carbonyl (C=O) groups is 1. The normalized spacial score (nSPS) is 11.1. The summed E-state index contributed by atoms with van der Waals surface area (Å²) in [4.78, 5) is 27.6. The number of imidazole rings is 1. The Bertz CT molecular complexity index is 1270. The summed E-state index contributed by atoms with van der Waals surface area (Å²) in [5.74, 6) is -1.56. The number of nitrogens with zero attached hydrogens (tertiary/aromatic N) is 4. The van der Waals surface area contributed by atoms with Crippen LogP contribution in [-0.2, 0) is 7.05 Å². The zero-order valence-corrected chi connectivity index (χ0v) is 15.7. The molecule has 2 heterocycles. The van der Waals surface area contributed by atoms with Gasteiger partial charge in [0.15, 0.2) is 5.75 Å². The summed E-state index contributed by atoms with van der Waals surface area (Å²) in [5, 5.41) is 3.56. The van der Waals surface area contributed by atoms with Crippen molar-refractivity contribution in [3.8, 4) is 17.2 Å². The predicted molar refractivity (Wildman–Crippen MR) is 101 cm³/mol. The number of amides is 1. The average molecular weight is 420 g/mol. The van der Waals surface area contributed by atoms with Gasteiger partial charge in [-0.1, -0.05) is 23.2 Å². The number of aromatic nitrogens is 4. The van der Waals surface area contributed by atoms with Gasteiger partial charge in [-0.05, 0) is 29.4 Å². The minimum atomic E-state index is -0.942. The van der Waals surface area contributed by atoms with Crippen molar-refractivity contribution in [1.82, 2.24) is 19.3 Å². The molecule has 142 valence electrons. The average Bonchev–Trinajstić information content (AvgIpc) is 3.21. The molecule has 2 aromatic carbocycles. The molecule has 0 atom stereocenters. The maximum atomic E-state index is 11.9.